The fourth-order valence-electron chi connectivity index (χ4n) is 1.90. The Labute approximate surface area is 133 Å². The minimum atomic E-state index is -0.0314. The Morgan fingerprint density at radius 1 is 0.947 bits per heavy atom. The first-order valence-electron chi connectivity index (χ1n) is 7.91. The lowest BCUT2D eigenvalue weighted by molar-refractivity contribution is -0.145. The van der Waals surface area contributed by atoms with E-state index in [-0.39, 0.29) is 10.1 Å². The summed E-state index contributed by atoms with van der Waals surface area (Å²) < 4.78 is 5.35. The van der Waals surface area contributed by atoms with Gasteiger partial charge in [0.2, 0.25) is 0 Å². The van der Waals surface area contributed by atoms with E-state index in [1.165, 1.54) is 44.9 Å². The molecule has 0 aliphatic carbocycles. The van der Waals surface area contributed by atoms with Crippen LogP contribution in [0.1, 0.15) is 85.0 Å². The van der Waals surface area contributed by atoms with E-state index in [9.17, 15) is 4.79 Å². The van der Waals surface area contributed by atoms with Crippen molar-refractivity contribution in [1.82, 2.24) is 0 Å². The van der Waals surface area contributed by atoms with Gasteiger partial charge in [0.15, 0.2) is 4.11 Å². The molecule has 1 unspecified atom stereocenters. The molecule has 114 valence electrons. The summed E-state index contributed by atoms with van der Waals surface area (Å²) in [5.41, 5.74) is 0. The van der Waals surface area contributed by atoms with E-state index < -0.39 is 0 Å². The van der Waals surface area contributed by atoms with E-state index in [0.29, 0.717) is 12.3 Å². The summed E-state index contributed by atoms with van der Waals surface area (Å²) in [6.45, 7) is 6.39. The Morgan fingerprint density at radius 3 is 1.89 bits per heavy atom. The van der Waals surface area contributed by atoms with Gasteiger partial charge in [-0.15, -0.1) is 0 Å². The molecular weight excluding hydrogens is 351 g/mol. The van der Waals surface area contributed by atoms with E-state index in [1.54, 1.807) is 0 Å². The molecule has 0 aliphatic rings. The number of rotatable bonds is 12. The van der Waals surface area contributed by atoms with Gasteiger partial charge in [-0.05, 0) is 34.9 Å². The van der Waals surface area contributed by atoms with Crippen molar-refractivity contribution in [2.45, 2.75) is 89.1 Å². The maximum absolute atomic E-state index is 11.5. The predicted octanol–water partition coefficient (Wildman–Crippen LogP) is 5.87. The fraction of sp³-hybridized carbons (Fsp3) is 0.938. The molecule has 1 atom stereocenters. The van der Waals surface area contributed by atoms with E-state index in [1.807, 2.05) is 0 Å². The van der Waals surface area contributed by atoms with Crippen molar-refractivity contribution in [2.24, 2.45) is 5.92 Å². The molecular formula is C16H31IO2. The van der Waals surface area contributed by atoms with Gasteiger partial charge in [-0.25, -0.2) is 0 Å². The van der Waals surface area contributed by atoms with Crippen LogP contribution in [0.2, 0.25) is 0 Å². The van der Waals surface area contributed by atoms with E-state index in [2.05, 4.69) is 43.4 Å². The highest BCUT2D eigenvalue weighted by atomic mass is 127. The summed E-state index contributed by atoms with van der Waals surface area (Å²) in [6.07, 6.45) is 12.1. The first-order valence-corrected chi connectivity index (χ1v) is 9.16. The average molecular weight is 382 g/mol. The Balaban J connectivity index is 3.27. The second-order valence-electron chi connectivity index (χ2n) is 5.66. The van der Waals surface area contributed by atoms with Gasteiger partial charge in [0.05, 0.1) is 0 Å². The van der Waals surface area contributed by atoms with Crippen molar-refractivity contribution < 1.29 is 9.53 Å². The molecule has 0 aliphatic heterocycles. The lowest BCUT2D eigenvalue weighted by atomic mass is 10.1. The Hall–Kier alpha value is 0.200. The smallest absolute Gasteiger partial charge is 0.306 e. The zero-order valence-corrected chi connectivity index (χ0v) is 15.1. The van der Waals surface area contributed by atoms with Gasteiger partial charge in [-0.1, -0.05) is 72.1 Å². The van der Waals surface area contributed by atoms with E-state index in [4.69, 9.17) is 4.74 Å². The quantitative estimate of drug-likeness (QED) is 0.183. The Bertz CT molecular complexity index is 217. The third kappa shape index (κ3) is 13.0. The van der Waals surface area contributed by atoms with Gasteiger partial charge in [0.25, 0.3) is 0 Å². The van der Waals surface area contributed by atoms with E-state index in [0.717, 1.165) is 12.8 Å². The zero-order chi connectivity index (χ0) is 14.5. The van der Waals surface area contributed by atoms with Crippen LogP contribution in [0.15, 0.2) is 0 Å². The number of hydrogen-bond acceptors (Lipinski definition) is 2. The summed E-state index contributed by atoms with van der Waals surface area (Å²) in [7, 11) is 0. The summed E-state index contributed by atoms with van der Waals surface area (Å²) in [5.74, 6) is 0.365. The van der Waals surface area contributed by atoms with Crippen molar-refractivity contribution in [3.8, 4) is 0 Å². The molecule has 2 nitrogen and oxygen atoms in total. The maximum atomic E-state index is 11.5. The number of hydrogen-bond donors (Lipinski definition) is 0. The third-order valence-electron chi connectivity index (χ3n) is 3.25. The standard InChI is InChI=1S/C16H31IO2/c1-4-5-6-7-8-9-10-11-12-13-15(18)19-16(17)14(2)3/h14,16H,4-13H2,1-3H3. The molecule has 0 saturated heterocycles. The molecule has 0 aromatic rings. The van der Waals surface area contributed by atoms with Gasteiger partial charge in [0, 0.05) is 6.42 Å². The summed E-state index contributed by atoms with van der Waals surface area (Å²) in [4.78, 5) is 11.5. The molecule has 0 radical (unpaired) electrons. The first kappa shape index (κ1) is 19.2. The molecule has 19 heavy (non-hydrogen) atoms. The van der Waals surface area contributed by atoms with Crippen LogP contribution in [0.4, 0.5) is 0 Å². The number of esters is 1. The number of unbranched alkanes of at least 4 members (excludes halogenated alkanes) is 8. The van der Waals surface area contributed by atoms with Gasteiger partial charge in [-0.3, -0.25) is 4.79 Å². The second kappa shape index (κ2) is 13.2. The lowest BCUT2D eigenvalue weighted by Gasteiger charge is -2.14. The number of carbonyl (C=O) groups is 1. The van der Waals surface area contributed by atoms with Crippen molar-refractivity contribution in [3.05, 3.63) is 0 Å². The average Bonchev–Trinajstić information content (AvgIpc) is 2.36. The summed E-state index contributed by atoms with van der Waals surface area (Å²) in [6, 6.07) is 0. The fourth-order valence-corrected chi connectivity index (χ4v) is 2.18. The van der Waals surface area contributed by atoms with Crippen LogP contribution >= 0.6 is 22.6 Å². The Kier molecular flexibility index (Phi) is 13.3. The van der Waals surface area contributed by atoms with Crippen molar-refractivity contribution in [3.63, 3.8) is 0 Å². The number of carbonyl (C=O) groups excluding carboxylic acids is 1. The third-order valence-corrected chi connectivity index (χ3v) is 4.95. The summed E-state index contributed by atoms with van der Waals surface area (Å²) >= 11 is 2.19. The molecule has 0 aromatic heterocycles. The van der Waals surface area contributed by atoms with Crippen LogP contribution in [-0.2, 0) is 9.53 Å². The largest absolute Gasteiger partial charge is 0.451 e. The van der Waals surface area contributed by atoms with Crippen LogP contribution in [0.25, 0.3) is 0 Å². The van der Waals surface area contributed by atoms with Crippen molar-refractivity contribution >= 4 is 28.6 Å². The second-order valence-corrected chi connectivity index (χ2v) is 6.89. The molecule has 0 amide bonds. The molecule has 0 heterocycles. The van der Waals surface area contributed by atoms with Gasteiger partial charge >= 0.3 is 5.97 Å². The molecule has 3 heteroatoms. The predicted molar refractivity (Wildman–Crippen MR) is 90.6 cm³/mol. The summed E-state index contributed by atoms with van der Waals surface area (Å²) in [5, 5.41) is 0. The Morgan fingerprint density at radius 2 is 1.42 bits per heavy atom. The number of halogens is 1. The number of ether oxygens (including phenoxy) is 1. The molecule has 0 aromatic carbocycles. The normalized spacial score (nSPS) is 12.7. The monoisotopic (exact) mass is 382 g/mol. The topological polar surface area (TPSA) is 26.3 Å². The van der Waals surface area contributed by atoms with Crippen LogP contribution in [0, 0.1) is 5.92 Å². The van der Waals surface area contributed by atoms with Gasteiger partial charge in [0.1, 0.15) is 0 Å². The molecule has 0 fully saturated rings. The van der Waals surface area contributed by atoms with E-state index >= 15 is 0 Å². The first-order chi connectivity index (χ1) is 9.07. The number of alkyl halides is 1. The van der Waals surface area contributed by atoms with Gasteiger partial charge < -0.3 is 4.74 Å². The lowest BCUT2D eigenvalue weighted by Crippen LogP contribution is -2.17. The molecule has 0 saturated carbocycles. The minimum Gasteiger partial charge on any atom is -0.451 e. The highest BCUT2D eigenvalue weighted by molar-refractivity contribution is 14.1. The highest BCUT2D eigenvalue weighted by Crippen LogP contribution is 2.16. The van der Waals surface area contributed by atoms with Crippen LogP contribution in [-0.4, -0.2) is 10.1 Å². The van der Waals surface area contributed by atoms with Crippen LogP contribution in [0.3, 0.4) is 0 Å². The highest BCUT2D eigenvalue weighted by Gasteiger charge is 2.13. The SMILES string of the molecule is CCCCCCCCCCCC(=O)OC(I)C(C)C. The maximum Gasteiger partial charge on any atom is 0.306 e. The van der Waals surface area contributed by atoms with Crippen molar-refractivity contribution in [1.29, 1.82) is 0 Å². The van der Waals surface area contributed by atoms with Crippen molar-refractivity contribution in [2.75, 3.05) is 0 Å². The van der Waals surface area contributed by atoms with Gasteiger partial charge in [-0.2, -0.15) is 0 Å². The molecule has 0 N–H and O–H groups in total. The molecule has 0 spiro atoms. The van der Waals surface area contributed by atoms with Crippen LogP contribution < -0.4 is 0 Å². The zero-order valence-electron chi connectivity index (χ0n) is 12.9. The van der Waals surface area contributed by atoms with Crippen LogP contribution in [0.5, 0.6) is 0 Å². The minimum absolute atomic E-state index is 0.0173. The molecule has 0 bridgehead atoms. The molecule has 0 rings (SSSR count).